The molecule has 0 spiro atoms. The predicted molar refractivity (Wildman–Crippen MR) is 75.0 cm³/mol. The first-order valence-electron chi connectivity index (χ1n) is 6.48. The third-order valence-corrected chi connectivity index (χ3v) is 2.77. The van der Waals surface area contributed by atoms with Crippen molar-refractivity contribution in [3.8, 4) is 0 Å². The summed E-state index contributed by atoms with van der Waals surface area (Å²) < 4.78 is 0. The molecule has 0 amide bonds. The summed E-state index contributed by atoms with van der Waals surface area (Å²) in [5.74, 6) is 3.22. The molecule has 1 aromatic heterocycles. The molecule has 0 aliphatic rings. The van der Waals surface area contributed by atoms with Crippen LogP contribution in [0.4, 0.5) is 11.6 Å². The van der Waals surface area contributed by atoms with Crippen molar-refractivity contribution < 1.29 is 5.11 Å². The van der Waals surface area contributed by atoms with Crippen LogP contribution in [0, 0.1) is 5.92 Å². The van der Waals surface area contributed by atoms with Gasteiger partial charge in [-0.2, -0.15) is 0 Å². The molecular formula is C13H24N4O. The van der Waals surface area contributed by atoms with Gasteiger partial charge in [0.1, 0.15) is 17.5 Å². The van der Waals surface area contributed by atoms with Crippen molar-refractivity contribution in [2.24, 2.45) is 5.92 Å². The summed E-state index contributed by atoms with van der Waals surface area (Å²) in [5, 5.41) is 15.2. The lowest BCUT2D eigenvalue weighted by molar-refractivity contribution is 0.266. The monoisotopic (exact) mass is 252 g/mol. The van der Waals surface area contributed by atoms with Crippen molar-refractivity contribution in [2.75, 3.05) is 30.8 Å². The summed E-state index contributed by atoms with van der Waals surface area (Å²) in [6.07, 6.45) is 0.800. The van der Waals surface area contributed by atoms with Crippen LogP contribution in [0.15, 0.2) is 6.07 Å². The summed E-state index contributed by atoms with van der Waals surface area (Å²) in [6, 6.07) is 1.90. The first-order chi connectivity index (χ1) is 8.56. The predicted octanol–water partition coefficient (Wildman–Crippen LogP) is 2.07. The van der Waals surface area contributed by atoms with E-state index in [1.54, 1.807) is 0 Å². The highest BCUT2D eigenvalue weighted by Crippen LogP contribution is 2.17. The van der Waals surface area contributed by atoms with Gasteiger partial charge in [0.25, 0.3) is 0 Å². The van der Waals surface area contributed by atoms with Gasteiger partial charge in [-0.15, -0.1) is 0 Å². The molecule has 1 aromatic rings. The highest BCUT2D eigenvalue weighted by atomic mass is 16.3. The number of aliphatic hydroxyl groups excluding tert-OH is 1. The third-order valence-electron chi connectivity index (χ3n) is 2.77. The second kappa shape index (κ2) is 7.16. The zero-order chi connectivity index (χ0) is 13.5. The fourth-order valence-corrected chi connectivity index (χ4v) is 1.54. The Morgan fingerprint density at radius 1 is 1.22 bits per heavy atom. The zero-order valence-electron chi connectivity index (χ0n) is 11.7. The highest BCUT2D eigenvalue weighted by Gasteiger charge is 2.08. The first-order valence-corrected chi connectivity index (χ1v) is 6.48. The maximum absolute atomic E-state index is 8.87. The van der Waals surface area contributed by atoms with Crippen LogP contribution in [0.3, 0.4) is 0 Å². The minimum atomic E-state index is 0.228. The van der Waals surface area contributed by atoms with E-state index in [9.17, 15) is 0 Å². The number of anilines is 2. The lowest BCUT2D eigenvalue weighted by atomic mass is 10.1. The average molecular weight is 252 g/mol. The van der Waals surface area contributed by atoms with Crippen molar-refractivity contribution in [3.05, 3.63) is 11.9 Å². The molecule has 0 radical (unpaired) electrons. The van der Waals surface area contributed by atoms with Crippen LogP contribution in [0.2, 0.25) is 0 Å². The molecular weight excluding hydrogens is 228 g/mol. The van der Waals surface area contributed by atoms with E-state index >= 15 is 0 Å². The third kappa shape index (κ3) is 4.49. The molecule has 0 aliphatic carbocycles. The van der Waals surface area contributed by atoms with Crippen molar-refractivity contribution in [1.82, 2.24) is 9.97 Å². The highest BCUT2D eigenvalue weighted by molar-refractivity contribution is 5.47. The molecule has 1 rings (SSSR count). The molecule has 1 atom stereocenters. The van der Waals surface area contributed by atoms with E-state index in [0.29, 0.717) is 11.8 Å². The van der Waals surface area contributed by atoms with Crippen LogP contribution in [-0.4, -0.2) is 35.3 Å². The standard InChI is InChI=1S/C13H24N4O/c1-9(2)13-16-11(14-4)7-12(17-13)15-8-10(3)5-6-18/h7,9-10,18H,5-6,8H2,1-4H3,(H2,14,15,16,17). The van der Waals surface area contributed by atoms with Gasteiger partial charge in [-0.05, 0) is 12.3 Å². The Bertz CT molecular complexity index is 368. The van der Waals surface area contributed by atoms with Crippen LogP contribution >= 0.6 is 0 Å². The Balaban J connectivity index is 2.72. The smallest absolute Gasteiger partial charge is 0.135 e. The molecule has 0 saturated heterocycles. The number of aromatic nitrogens is 2. The van der Waals surface area contributed by atoms with E-state index in [1.165, 1.54) is 0 Å². The van der Waals surface area contributed by atoms with Gasteiger partial charge in [-0.1, -0.05) is 20.8 Å². The van der Waals surface area contributed by atoms with E-state index < -0.39 is 0 Å². The number of rotatable bonds is 7. The molecule has 0 saturated carbocycles. The number of aliphatic hydroxyl groups is 1. The Morgan fingerprint density at radius 2 is 1.89 bits per heavy atom. The van der Waals surface area contributed by atoms with Crippen molar-refractivity contribution >= 4 is 11.6 Å². The molecule has 0 fully saturated rings. The SMILES string of the molecule is CNc1cc(NCC(C)CCO)nc(C(C)C)n1. The Hall–Kier alpha value is -1.36. The van der Waals surface area contributed by atoms with Crippen molar-refractivity contribution in [2.45, 2.75) is 33.1 Å². The minimum Gasteiger partial charge on any atom is -0.396 e. The Kier molecular flexibility index (Phi) is 5.85. The summed E-state index contributed by atoms with van der Waals surface area (Å²) in [4.78, 5) is 8.90. The van der Waals surface area contributed by atoms with Gasteiger partial charge in [0.2, 0.25) is 0 Å². The molecule has 1 heterocycles. The normalized spacial score (nSPS) is 12.6. The van der Waals surface area contributed by atoms with Crippen LogP contribution in [0.25, 0.3) is 0 Å². The van der Waals surface area contributed by atoms with Gasteiger partial charge in [0, 0.05) is 32.2 Å². The molecule has 3 N–H and O–H groups in total. The summed E-state index contributed by atoms with van der Waals surface area (Å²) >= 11 is 0. The lowest BCUT2D eigenvalue weighted by Crippen LogP contribution is -2.14. The topological polar surface area (TPSA) is 70.1 Å². The van der Waals surface area contributed by atoms with Crippen molar-refractivity contribution in [1.29, 1.82) is 0 Å². The molecule has 102 valence electrons. The van der Waals surface area contributed by atoms with Gasteiger partial charge in [-0.25, -0.2) is 9.97 Å². The maximum Gasteiger partial charge on any atom is 0.135 e. The maximum atomic E-state index is 8.87. The molecule has 5 nitrogen and oxygen atoms in total. The molecule has 1 unspecified atom stereocenters. The Morgan fingerprint density at radius 3 is 2.44 bits per heavy atom. The van der Waals surface area contributed by atoms with E-state index in [2.05, 4.69) is 41.4 Å². The molecule has 0 bridgehead atoms. The number of hydrogen-bond donors (Lipinski definition) is 3. The summed E-state index contributed by atoms with van der Waals surface area (Å²) in [7, 11) is 1.85. The summed E-state index contributed by atoms with van der Waals surface area (Å²) in [5.41, 5.74) is 0. The van der Waals surface area contributed by atoms with Crippen LogP contribution < -0.4 is 10.6 Å². The van der Waals surface area contributed by atoms with E-state index in [0.717, 1.165) is 30.4 Å². The number of nitrogens with zero attached hydrogens (tertiary/aromatic N) is 2. The van der Waals surface area contributed by atoms with Crippen LogP contribution in [-0.2, 0) is 0 Å². The van der Waals surface area contributed by atoms with Crippen molar-refractivity contribution in [3.63, 3.8) is 0 Å². The van der Waals surface area contributed by atoms with Crippen LogP contribution in [0.5, 0.6) is 0 Å². The fraction of sp³-hybridized carbons (Fsp3) is 0.692. The Labute approximate surface area is 109 Å². The fourth-order valence-electron chi connectivity index (χ4n) is 1.54. The van der Waals surface area contributed by atoms with E-state index in [1.807, 2.05) is 13.1 Å². The van der Waals surface area contributed by atoms with Crippen LogP contribution in [0.1, 0.15) is 38.9 Å². The van der Waals surface area contributed by atoms with Gasteiger partial charge >= 0.3 is 0 Å². The number of nitrogens with one attached hydrogen (secondary N) is 2. The lowest BCUT2D eigenvalue weighted by Gasteiger charge is -2.14. The average Bonchev–Trinajstić information content (AvgIpc) is 2.36. The molecule has 5 heteroatoms. The molecule has 0 aliphatic heterocycles. The zero-order valence-corrected chi connectivity index (χ0v) is 11.7. The van der Waals surface area contributed by atoms with Gasteiger partial charge in [-0.3, -0.25) is 0 Å². The quantitative estimate of drug-likeness (QED) is 0.693. The van der Waals surface area contributed by atoms with Gasteiger partial charge < -0.3 is 15.7 Å². The second-order valence-corrected chi connectivity index (χ2v) is 4.90. The second-order valence-electron chi connectivity index (χ2n) is 4.90. The molecule has 18 heavy (non-hydrogen) atoms. The molecule has 0 aromatic carbocycles. The van der Waals surface area contributed by atoms with Gasteiger partial charge in [0.15, 0.2) is 0 Å². The van der Waals surface area contributed by atoms with Gasteiger partial charge in [0.05, 0.1) is 0 Å². The van der Waals surface area contributed by atoms with E-state index in [4.69, 9.17) is 5.11 Å². The summed E-state index contributed by atoms with van der Waals surface area (Å²) in [6.45, 7) is 7.29. The minimum absolute atomic E-state index is 0.228. The van der Waals surface area contributed by atoms with E-state index in [-0.39, 0.29) is 6.61 Å². The number of hydrogen-bond acceptors (Lipinski definition) is 5. The largest absolute Gasteiger partial charge is 0.396 e. The first kappa shape index (κ1) is 14.7.